The maximum absolute atomic E-state index is 12.9. The Morgan fingerprint density at radius 1 is 1.12 bits per heavy atom. The summed E-state index contributed by atoms with van der Waals surface area (Å²) in [5.74, 6) is -0.307. The Labute approximate surface area is 196 Å². The van der Waals surface area contributed by atoms with Crippen LogP contribution >= 0.6 is 23.4 Å². The van der Waals surface area contributed by atoms with Crippen molar-refractivity contribution in [2.45, 2.75) is 31.7 Å². The maximum atomic E-state index is 12.9. The number of rotatable bonds is 7. The number of alkyl halides is 3. The average Bonchev–Trinajstić information content (AvgIpc) is 3.15. The zero-order valence-electron chi connectivity index (χ0n) is 17.5. The van der Waals surface area contributed by atoms with Crippen molar-refractivity contribution in [3.63, 3.8) is 0 Å². The summed E-state index contributed by atoms with van der Waals surface area (Å²) in [4.78, 5) is 23.7. The molecule has 0 aliphatic carbocycles. The van der Waals surface area contributed by atoms with Gasteiger partial charge in [-0.25, -0.2) is 0 Å². The molecule has 2 amide bonds. The highest BCUT2D eigenvalue weighted by atomic mass is 35.5. The van der Waals surface area contributed by atoms with Gasteiger partial charge < -0.3 is 15.2 Å². The van der Waals surface area contributed by atoms with Crippen LogP contribution in [0.4, 0.5) is 24.5 Å². The summed E-state index contributed by atoms with van der Waals surface area (Å²) in [6.45, 7) is 3.81. The maximum Gasteiger partial charge on any atom is 0.416 e. The van der Waals surface area contributed by atoms with E-state index in [-0.39, 0.29) is 22.4 Å². The molecular formula is C21H19ClF3N5O2S. The Morgan fingerprint density at radius 3 is 2.55 bits per heavy atom. The van der Waals surface area contributed by atoms with Gasteiger partial charge in [0.2, 0.25) is 11.8 Å². The summed E-state index contributed by atoms with van der Waals surface area (Å²) in [6.07, 6.45) is -4.55. The van der Waals surface area contributed by atoms with E-state index in [1.165, 1.54) is 6.92 Å². The van der Waals surface area contributed by atoms with E-state index < -0.39 is 17.6 Å². The minimum atomic E-state index is -4.55. The lowest BCUT2D eigenvalue weighted by Crippen LogP contribution is -2.16. The number of carbonyl (C=O) groups is 2. The predicted octanol–water partition coefficient (Wildman–Crippen LogP) is 5.33. The number of carbonyl (C=O) groups excluding carboxylic acids is 2. The third kappa shape index (κ3) is 6.26. The molecule has 3 rings (SSSR count). The first kappa shape index (κ1) is 24.6. The molecule has 12 heteroatoms. The molecule has 0 saturated heterocycles. The third-order valence-corrected chi connectivity index (χ3v) is 5.67. The standard InChI is InChI=1S/C21H19ClF3N5O2S/c1-3-30-19(13-5-4-6-15(9-13)26-12(2)31)28-29-20(30)33-11-18(32)27-17-10-14(21(23,24)25)7-8-16(17)22/h4-10H,3,11H2,1-2H3,(H,26,31)(H,27,32). The normalized spacial score (nSPS) is 11.3. The molecule has 1 aromatic heterocycles. The summed E-state index contributed by atoms with van der Waals surface area (Å²) in [7, 11) is 0. The second kappa shape index (κ2) is 10.3. The first-order chi connectivity index (χ1) is 15.6. The van der Waals surface area contributed by atoms with E-state index in [1.54, 1.807) is 22.8 Å². The number of nitrogens with zero attached hydrogens (tertiary/aromatic N) is 3. The van der Waals surface area contributed by atoms with Gasteiger partial charge in [0.05, 0.1) is 22.0 Å². The minimum Gasteiger partial charge on any atom is -0.326 e. The summed E-state index contributed by atoms with van der Waals surface area (Å²) in [5.41, 5.74) is 0.302. The number of hydrogen-bond acceptors (Lipinski definition) is 5. The van der Waals surface area contributed by atoms with E-state index in [0.29, 0.717) is 23.2 Å². The molecule has 33 heavy (non-hydrogen) atoms. The van der Waals surface area contributed by atoms with Gasteiger partial charge in [-0.2, -0.15) is 13.2 Å². The van der Waals surface area contributed by atoms with Crippen LogP contribution in [0.3, 0.4) is 0 Å². The van der Waals surface area contributed by atoms with Crippen molar-refractivity contribution < 1.29 is 22.8 Å². The molecule has 3 aromatic rings. The van der Waals surface area contributed by atoms with Gasteiger partial charge in [0.15, 0.2) is 11.0 Å². The van der Waals surface area contributed by atoms with Gasteiger partial charge in [-0.15, -0.1) is 10.2 Å². The van der Waals surface area contributed by atoms with Crippen LogP contribution < -0.4 is 10.6 Å². The van der Waals surface area contributed by atoms with Crippen LogP contribution in [0.25, 0.3) is 11.4 Å². The highest BCUT2D eigenvalue weighted by Crippen LogP contribution is 2.34. The quantitative estimate of drug-likeness (QED) is 0.431. The second-order valence-electron chi connectivity index (χ2n) is 6.84. The van der Waals surface area contributed by atoms with Gasteiger partial charge in [-0.3, -0.25) is 9.59 Å². The monoisotopic (exact) mass is 497 g/mol. The van der Waals surface area contributed by atoms with Gasteiger partial charge in [0.1, 0.15) is 0 Å². The van der Waals surface area contributed by atoms with Crippen LogP contribution in [0.5, 0.6) is 0 Å². The van der Waals surface area contributed by atoms with Crippen LogP contribution in [-0.4, -0.2) is 32.3 Å². The molecule has 0 unspecified atom stereocenters. The highest BCUT2D eigenvalue weighted by Gasteiger charge is 2.31. The van der Waals surface area contributed by atoms with E-state index in [2.05, 4.69) is 20.8 Å². The molecule has 0 bridgehead atoms. The zero-order valence-corrected chi connectivity index (χ0v) is 19.1. The molecule has 1 heterocycles. The molecule has 0 aliphatic heterocycles. The van der Waals surface area contributed by atoms with Crippen LogP contribution in [-0.2, 0) is 22.3 Å². The van der Waals surface area contributed by atoms with Crippen LogP contribution in [0.15, 0.2) is 47.6 Å². The van der Waals surface area contributed by atoms with Crippen molar-refractivity contribution in [1.82, 2.24) is 14.8 Å². The predicted molar refractivity (Wildman–Crippen MR) is 121 cm³/mol. The molecule has 7 nitrogen and oxygen atoms in total. The number of nitrogens with one attached hydrogen (secondary N) is 2. The molecule has 0 aliphatic rings. The molecule has 174 valence electrons. The van der Waals surface area contributed by atoms with E-state index in [1.807, 2.05) is 13.0 Å². The Morgan fingerprint density at radius 2 is 1.88 bits per heavy atom. The smallest absolute Gasteiger partial charge is 0.326 e. The molecule has 2 N–H and O–H groups in total. The van der Waals surface area contributed by atoms with Crippen LogP contribution in [0.1, 0.15) is 19.4 Å². The number of aromatic nitrogens is 3. The average molecular weight is 498 g/mol. The molecule has 0 spiro atoms. The first-order valence-electron chi connectivity index (χ1n) is 9.69. The highest BCUT2D eigenvalue weighted by molar-refractivity contribution is 7.99. The first-order valence-corrected chi connectivity index (χ1v) is 11.1. The minimum absolute atomic E-state index is 0.000543. The fourth-order valence-electron chi connectivity index (χ4n) is 2.95. The lowest BCUT2D eigenvalue weighted by Gasteiger charge is -2.12. The fourth-order valence-corrected chi connectivity index (χ4v) is 3.91. The topological polar surface area (TPSA) is 88.9 Å². The van der Waals surface area contributed by atoms with Gasteiger partial charge in [-0.05, 0) is 37.3 Å². The summed E-state index contributed by atoms with van der Waals surface area (Å²) < 4.78 is 40.6. The number of anilines is 2. The lowest BCUT2D eigenvalue weighted by atomic mass is 10.2. The Hall–Kier alpha value is -3.05. The third-order valence-electron chi connectivity index (χ3n) is 4.37. The van der Waals surface area contributed by atoms with Crippen molar-refractivity contribution >= 4 is 46.6 Å². The number of hydrogen-bond donors (Lipinski definition) is 2. The largest absolute Gasteiger partial charge is 0.416 e. The van der Waals surface area contributed by atoms with Crippen molar-refractivity contribution in [3.8, 4) is 11.4 Å². The van der Waals surface area contributed by atoms with Crippen molar-refractivity contribution in [1.29, 1.82) is 0 Å². The van der Waals surface area contributed by atoms with E-state index >= 15 is 0 Å². The summed E-state index contributed by atoms with van der Waals surface area (Å²) in [6, 6.07) is 9.82. The van der Waals surface area contributed by atoms with Crippen molar-refractivity contribution in [2.75, 3.05) is 16.4 Å². The molecule has 0 saturated carbocycles. The molecule has 2 aromatic carbocycles. The number of amides is 2. The van der Waals surface area contributed by atoms with E-state index in [9.17, 15) is 22.8 Å². The zero-order chi connectivity index (χ0) is 24.2. The Bertz CT molecular complexity index is 1180. The van der Waals surface area contributed by atoms with Gasteiger partial charge >= 0.3 is 6.18 Å². The molecular weight excluding hydrogens is 479 g/mol. The molecule has 0 atom stereocenters. The number of halogens is 4. The molecule has 0 radical (unpaired) electrons. The van der Waals surface area contributed by atoms with Crippen molar-refractivity contribution in [2.24, 2.45) is 0 Å². The van der Waals surface area contributed by atoms with Gasteiger partial charge in [0.25, 0.3) is 0 Å². The van der Waals surface area contributed by atoms with Crippen molar-refractivity contribution in [3.05, 3.63) is 53.1 Å². The SMILES string of the molecule is CCn1c(SCC(=O)Nc2cc(C(F)(F)F)ccc2Cl)nnc1-c1cccc(NC(C)=O)c1. The van der Waals surface area contributed by atoms with Crippen LogP contribution in [0, 0.1) is 0 Å². The van der Waals surface area contributed by atoms with Gasteiger partial charge in [0, 0.05) is 24.7 Å². The second-order valence-corrected chi connectivity index (χ2v) is 8.19. The lowest BCUT2D eigenvalue weighted by molar-refractivity contribution is -0.137. The van der Waals surface area contributed by atoms with Gasteiger partial charge in [-0.1, -0.05) is 35.5 Å². The molecule has 0 fully saturated rings. The van der Waals surface area contributed by atoms with Crippen LogP contribution in [0.2, 0.25) is 5.02 Å². The number of thioether (sulfide) groups is 1. The summed E-state index contributed by atoms with van der Waals surface area (Å²) in [5, 5.41) is 13.9. The van der Waals surface area contributed by atoms with E-state index in [0.717, 1.165) is 35.5 Å². The number of benzene rings is 2. The Kier molecular flexibility index (Phi) is 7.65. The Balaban J connectivity index is 1.72. The summed E-state index contributed by atoms with van der Waals surface area (Å²) >= 11 is 7.02. The fraction of sp³-hybridized carbons (Fsp3) is 0.238. The van der Waals surface area contributed by atoms with E-state index in [4.69, 9.17) is 11.6 Å².